The normalized spacial score (nSPS) is 18.2. The van der Waals surface area contributed by atoms with Gasteiger partial charge in [-0.2, -0.15) is 4.31 Å². The van der Waals surface area contributed by atoms with Gasteiger partial charge in [0, 0.05) is 37.1 Å². The smallest absolute Gasteiger partial charge is 0.386 e. The number of unbranched alkanes of at least 4 members (excludes halogenated alkanes) is 30. The highest BCUT2D eigenvalue weighted by Crippen LogP contribution is 2.61. The minimum atomic E-state index is -5.60. The lowest BCUT2D eigenvalue weighted by molar-refractivity contribution is -0.137. The van der Waals surface area contributed by atoms with E-state index < -0.39 is 84.6 Å². The van der Waals surface area contributed by atoms with Crippen LogP contribution in [-0.4, -0.2) is 128 Å². The van der Waals surface area contributed by atoms with Gasteiger partial charge in [0.2, 0.25) is 11.8 Å². The van der Waals surface area contributed by atoms with Crippen molar-refractivity contribution >= 4 is 74.9 Å². The van der Waals surface area contributed by atoms with E-state index in [9.17, 15) is 62.7 Å². The summed E-state index contributed by atoms with van der Waals surface area (Å²) >= 11 is 0.949. The number of carbonyl (C=O) groups excluding carboxylic acids is 4. The molecule has 2 aromatic rings. The first kappa shape index (κ1) is 77.5. The third kappa shape index (κ3) is 33.9. The fourth-order valence-electron chi connectivity index (χ4n) is 10.1. The number of rotatable bonds is 53. The van der Waals surface area contributed by atoms with Gasteiger partial charge >= 0.3 is 23.5 Å². The molecule has 3 rings (SSSR count). The van der Waals surface area contributed by atoms with Crippen LogP contribution in [0.2, 0.25) is 0 Å². The van der Waals surface area contributed by atoms with Crippen LogP contribution in [0.25, 0.3) is 11.2 Å². The number of hydrogen-bond acceptors (Lipinski definition) is 19. The summed E-state index contributed by atoms with van der Waals surface area (Å²) in [4.78, 5) is 101. The number of phosphoric ester groups is 3. The third-order valence-electron chi connectivity index (χ3n) is 15.2. The Labute approximate surface area is 513 Å². The molecule has 0 radical (unpaired) electrons. The first-order chi connectivity index (χ1) is 40.9. The standard InChI is InChI=1S/C57H104N7O18P3S/c1-4-5-6-7-8-9-10-11-12-13-14-15-16-17-18-19-20-21-22-23-24-25-26-27-28-29-30-31-32-33-34-35-45(65)40-48(67)86-39-38-59-47(66)36-37-60-55(70)52(69)57(2,3)42-79-85(76,77)82-84(74,75)78-41-46-51(81-83(71,72)73)50(68)56(80-46)64-44-63-49-53(58)61-43-62-54(49)64/h43-44,46,50-52,56,68-69H,4-42H2,1-3H3,(H,59,66)(H,60,70)(H,74,75)(H,76,77)(H2,58,61,62)(H2,71,72,73)/t46-,50-,51-,52+,56-/m1/s1. The number of thioether (sulfide) groups is 1. The number of ether oxygens (including phenoxy) is 1. The number of carbonyl (C=O) groups is 4. The van der Waals surface area contributed by atoms with Gasteiger partial charge in [-0.3, -0.25) is 37.3 Å². The first-order valence-corrected chi connectivity index (χ1v) is 37.0. The molecule has 1 fully saturated rings. The fourth-order valence-corrected chi connectivity index (χ4v) is 13.6. The summed E-state index contributed by atoms with van der Waals surface area (Å²) in [6, 6.07) is 0. The maximum absolute atomic E-state index is 12.8. The molecule has 29 heteroatoms. The predicted molar refractivity (Wildman–Crippen MR) is 330 cm³/mol. The number of fused-ring (bicyclic) bond motifs is 1. The van der Waals surface area contributed by atoms with Crippen molar-refractivity contribution in [3.05, 3.63) is 12.7 Å². The second-order valence-electron chi connectivity index (χ2n) is 23.4. The maximum Gasteiger partial charge on any atom is 0.481 e. The van der Waals surface area contributed by atoms with Gasteiger partial charge in [-0.1, -0.05) is 225 Å². The maximum atomic E-state index is 12.8. The Bertz CT molecular complexity index is 2400. The van der Waals surface area contributed by atoms with Crippen LogP contribution >= 0.6 is 35.2 Å². The van der Waals surface area contributed by atoms with E-state index in [4.69, 9.17) is 19.5 Å². The number of anilines is 1. The van der Waals surface area contributed by atoms with Gasteiger partial charge < -0.3 is 50.9 Å². The van der Waals surface area contributed by atoms with Crippen LogP contribution in [0.1, 0.15) is 245 Å². The van der Waals surface area contributed by atoms with Crippen molar-refractivity contribution in [1.82, 2.24) is 30.2 Å². The van der Waals surface area contributed by atoms with E-state index in [1.165, 1.54) is 187 Å². The molecule has 2 unspecified atom stereocenters. The number of imidazole rings is 1. The Kier molecular flexibility index (Phi) is 38.8. The number of phosphoric acid groups is 3. The molecule has 0 spiro atoms. The average molecular weight is 1300 g/mol. The van der Waals surface area contributed by atoms with Crippen LogP contribution in [0, 0.1) is 5.41 Å². The Morgan fingerprint density at radius 2 is 1.16 bits per heavy atom. The van der Waals surface area contributed by atoms with Gasteiger partial charge in [-0.15, -0.1) is 0 Å². The summed E-state index contributed by atoms with van der Waals surface area (Å²) in [5.74, 6) is -1.37. The van der Waals surface area contributed by atoms with Gasteiger partial charge in [0.05, 0.1) is 26.0 Å². The lowest BCUT2D eigenvalue weighted by Gasteiger charge is -2.30. The molecule has 1 saturated heterocycles. The molecule has 86 heavy (non-hydrogen) atoms. The summed E-state index contributed by atoms with van der Waals surface area (Å²) in [7, 11) is -16.5. The van der Waals surface area contributed by atoms with Crippen molar-refractivity contribution in [3.63, 3.8) is 0 Å². The van der Waals surface area contributed by atoms with E-state index >= 15 is 0 Å². The number of aliphatic hydroxyl groups is 2. The minimum Gasteiger partial charge on any atom is -0.386 e. The lowest BCUT2D eigenvalue weighted by Crippen LogP contribution is -2.46. The number of nitrogens with two attached hydrogens (primary N) is 1. The van der Waals surface area contributed by atoms with E-state index in [1.54, 1.807) is 0 Å². The van der Waals surface area contributed by atoms with Gasteiger partial charge in [0.15, 0.2) is 22.8 Å². The second kappa shape index (κ2) is 43.1. The molecule has 1 aliphatic rings. The number of aromatic nitrogens is 4. The molecule has 0 aliphatic carbocycles. The molecule has 25 nitrogen and oxygen atoms in total. The number of nitrogen functional groups attached to an aromatic ring is 1. The Hall–Kier alpha value is -2.77. The molecule has 3 heterocycles. The molecule has 1 aliphatic heterocycles. The van der Waals surface area contributed by atoms with Crippen LogP contribution < -0.4 is 16.4 Å². The molecule has 2 aromatic heterocycles. The number of amides is 2. The number of aliphatic hydroxyl groups excluding tert-OH is 2. The van der Waals surface area contributed by atoms with Crippen molar-refractivity contribution in [2.75, 3.05) is 37.8 Å². The molecule has 2 amide bonds. The van der Waals surface area contributed by atoms with Gasteiger partial charge in [0.25, 0.3) is 0 Å². The molecule has 10 N–H and O–H groups in total. The molecule has 496 valence electrons. The third-order valence-corrected chi connectivity index (χ3v) is 19.1. The lowest BCUT2D eigenvalue weighted by atomic mass is 9.87. The topological polar surface area (TPSA) is 381 Å². The zero-order chi connectivity index (χ0) is 63.3. The first-order valence-electron chi connectivity index (χ1n) is 31.5. The second-order valence-corrected chi connectivity index (χ2v) is 28.7. The number of nitrogens with zero attached hydrogens (tertiary/aromatic N) is 4. The van der Waals surface area contributed by atoms with Crippen molar-refractivity contribution in [2.45, 2.75) is 270 Å². The van der Waals surface area contributed by atoms with Crippen LogP contribution in [0.4, 0.5) is 5.82 Å². The van der Waals surface area contributed by atoms with Crippen LogP contribution in [0.15, 0.2) is 12.7 Å². The van der Waals surface area contributed by atoms with Crippen molar-refractivity contribution in [1.29, 1.82) is 0 Å². The number of ketones is 1. The number of hydrogen-bond donors (Lipinski definition) is 9. The van der Waals surface area contributed by atoms with Crippen LogP contribution in [-0.2, 0) is 55.5 Å². The molecule has 0 saturated carbocycles. The van der Waals surface area contributed by atoms with E-state index in [2.05, 4.69) is 41.3 Å². The quantitative estimate of drug-likeness (QED) is 0.0169. The minimum absolute atomic E-state index is 0.0278. The summed E-state index contributed by atoms with van der Waals surface area (Å²) in [5, 5.41) is 26.3. The SMILES string of the molecule is CCCCCCCCCCCCCCCCCCCCCCCCCCCCCCCCCC(=O)CC(=O)SCCNC(=O)CCNC(=O)[C@H](O)C(C)(C)COP(=O)(O)OP(=O)(O)OC[C@H]1O[C@@H](n2cnc3c(N)ncnc32)[C@H](O)[C@@H]1OP(=O)(O)O. The molecular formula is C57H104N7O18P3S. The largest absolute Gasteiger partial charge is 0.481 e. The van der Waals surface area contributed by atoms with E-state index in [0.29, 0.717) is 6.42 Å². The Balaban J connectivity index is 1.13. The predicted octanol–water partition coefficient (Wildman–Crippen LogP) is 11.1. The summed E-state index contributed by atoms with van der Waals surface area (Å²) in [6.07, 6.45) is 34.6. The Morgan fingerprint density at radius 1 is 0.686 bits per heavy atom. The monoisotopic (exact) mass is 1300 g/mol. The zero-order valence-corrected chi connectivity index (χ0v) is 54.8. The number of nitrogens with one attached hydrogen (secondary N) is 2. The summed E-state index contributed by atoms with van der Waals surface area (Å²) in [6.45, 7) is 2.64. The van der Waals surface area contributed by atoms with E-state index in [-0.39, 0.29) is 59.6 Å². The van der Waals surface area contributed by atoms with Crippen LogP contribution in [0.3, 0.4) is 0 Å². The van der Waals surface area contributed by atoms with Crippen molar-refractivity contribution in [3.8, 4) is 0 Å². The van der Waals surface area contributed by atoms with E-state index in [1.807, 2.05) is 0 Å². The summed E-state index contributed by atoms with van der Waals surface area (Å²) in [5.41, 5.74) is 4.26. The average Bonchev–Trinajstić information content (AvgIpc) is 1.67. The van der Waals surface area contributed by atoms with Gasteiger partial charge in [0.1, 0.15) is 42.0 Å². The Morgan fingerprint density at radius 3 is 1.65 bits per heavy atom. The highest BCUT2D eigenvalue weighted by molar-refractivity contribution is 8.13. The highest BCUT2D eigenvalue weighted by Gasteiger charge is 2.50. The van der Waals surface area contributed by atoms with Crippen molar-refractivity contribution < 1.29 is 85.3 Å². The fraction of sp³-hybridized carbons (Fsp3) is 0.842. The molecule has 7 atom stereocenters. The van der Waals surface area contributed by atoms with Gasteiger partial charge in [-0.05, 0) is 6.42 Å². The van der Waals surface area contributed by atoms with Gasteiger partial charge in [-0.25, -0.2) is 28.6 Å². The number of Topliss-reactive ketones (excluding diaryl/α,β-unsaturated/α-hetero) is 1. The van der Waals surface area contributed by atoms with Crippen LogP contribution in [0.5, 0.6) is 0 Å². The molecule has 0 bridgehead atoms. The summed E-state index contributed by atoms with van der Waals surface area (Å²) < 4.78 is 62.6. The van der Waals surface area contributed by atoms with E-state index in [0.717, 1.165) is 54.7 Å². The molecular weight excluding hydrogens is 1200 g/mol. The van der Waals surface area contributed by atoms with Crippen molar-refractivity contribution in [2.24, 2.45) is 5.41 Å². The zero-order valence-electron chi connectivity index (χ0n) is 51.3. The molecule has 0 aromatic carbocycles. The highest BCUT2D eigenvalue weighted by atomic mass is 32.2.